The maximum Gasteiger partial charge on any atom is 0.305 e. The smallest absolute Gasteiger partial charge is 0.305 e. The van der Waals surface area contributed by atoms with E-state index in [9.17, 15) is 9.90 Å². The average molecular weight is 341 g/mol. The lowest BCUT2D eigenvalue weighted by molar-refractivity contribution is -0.143. The van der Waals surface area contributed by atoms with Gasteiger partial charge >= 0.3 is 5.97 Å². The van der Waals surface area contributed by atoms with E-state index in [1.807, 2.05) is 13.0 Å². The number of rotatable bonds is 17. The summed E-state index contributed by atoms with van der Waals surface area (Å²) in [5.41, 5.74) is 0. The van der Waals surface area contributed by atoms with Crippen LogP contribution in [0, 0.1) is 0 Å². The van der Waals surface area contributed by atoms with Crippen LogP contribution in [0.4, 0.5) is 0 Å². The molecule has 0 bridgehead atoms. The molecule has 1 N–H and O–H groups in total. The topological polar surface area (TPSA) is 46.5 Å². The summed E-state index contributed by atoms with van der Waals surface area (Å²) >= 11 is 0. The fourth-order valence-electron chi connectivity index (χ4n) is 2.76. The fourth-order valence-corrected chi connectivity index (χ4v) is 2.76. The summed E-state index contributed by atoms with van der Waals surface area (Å²) in [4.78, 5) is 11.2. The zero-order valence-electron chi connectivity index (χ0n) is 16.1. The Hall–Kier alpha value is -0.830. The van der Waals surface area contributed by atoms with Crippen LogP contribution in [0.15, 0.2) is 12.2 Å². The minimum absolute atomic E-state index is 0.0515. The molecular weight excluding hydrogens is 300 g/mol. The molecule has 0 saturated carbocycles. The minimum Gasteiger partial charge on any atom is -0.466 e. The molecule has 0 fully saturated rings. The summed E-state index contributed by atoms with van der Waals surface area (Å²) in [6.45, 7) is 4.50. The van der Waals surface area contributed by atoms with Gasteiger partial charge in [0.1, 0.15) is 0 Å². The first-order valence-corrected chi connectivity index (χ1v) is 10.2. The van der Waals surface area contributed by atoms with E-state index in [2.05, 4.69) is 13.0 Å². The highest BCUT2D eigenvalue weighted by molar-refractivity contribution is 5.69. The van der Waals surface area contributed by atoms with Crippen LogP contribution >= 0.6 is 0 Å². The Bertz CT molecular complexity index is 299. The third-order valence-electron chi connectivity index (χ3n) is 4.27. The van der Waals surface area contributed by atoms with E-state index >= 15 is 0 Å². The van der Waals surface area contributed by atoms with E-state index in [4.69, 9.17) is 4.74 Å². The average Bonchev–Trinajstić information content (AvgIpc) is 2.57. The predicted molar refractivity (Wildman–Crippen MR) is 102 cm³/mol. The molecule has 0 aliphatic rings. The monoisotopic (exact) mass is 340 g/mol. The van der Waals surface area contributed by atoms with Gasteiger partial charge in [0.25, 0.3) is 0 Å². The van der Waals surface area contributed by atoms with Crippen molar-refractivity contribution in [3.8, 4) is 0 Å². The molecule has 0 rings (SSSR count). The molecule has 0 aromatic heterocycles. The maximum absolute atomic E-state index is 11.2. The van der Waals surface area contributed by atoms with Crippen LogP contribution in [0.3, 0.4) is 0 Å². The van der Waals surface area contributed by atoms with Crippen molar-refractivity contribution in [2.75, 3.05) is 6.61 Å². The Morgan fingerprint density at radius 3 is 2.08 bits per heavy atom. The van der Waals surface area contributed by atoms with E-state index in [-0.39, 0.29) is 12.1 Å². The highest BCUT2D eigenvalue weighted by Gasteiger charge is 2.00. The number of aliphatic hydroxyl groups is 1. The number of aliphatic hydroxyl groups excluding tert-OH is 1. The zero-order valence-corrected chi connectivity index (χ0v) is 16.1. The van der Waals surface area contributed by atoms with Crippen molar-refractivity contribution in [2.24, 2.45) is 0 Å². The second kappa shape index (κ2) is 18.5. The van der Waals surface area contributed by atoms with E-state index in [0.717, 1.165) is 38.5 Å². The molecular formula is C21H40O3. The lowest BCUT2D eigenvalue weighted by atomic mass is 10.1. The number of hydrogen-bond donors (Lipinski definition) is 1. The van der Waals surface area contributed by atoms with Gasteiger partial charge < -0.3 is 9.84 Å². The molecule has 3 nitrogen and oxygen atoms in total. The molecule has 0 spiro atoms. The molecule has 24 heavy (non-hydrogen) atoms. The van der Waals surface area contributed by atoms with Gasteiger partial charge in [0.05, 0.1) is 12.7 Å². The van der Waals surface area contributed by atoms with Crippen LogP contribution in [0.25, 0.3) is 0 Å². The molecule has 0 aromatic rings. The van der Waals surface area contributed by atoms with Crippen molar-refractivity contribution >= 4 is 5.97 Å². The highest BCUT2D eigenvalue weighted by Crippen LogP contribution is 2.12. The molecule has 142 valence electrons. The SMILES string of the molecule is CCCC[C@@H](O)C=CCCCCCCCCCCCC(=O)OCC. The number of esters is 1. The van der Waals surface area contributed by atoms with E-state index < -0.39 is 0 Å². The normalized spacial score (nSPS) is 12.6. The number of allylic oxidation sites excluding steroid dienone is 1. The van der Waals surface area contributed by atoms with Gasteiger partial charge in [-0.15, -0.1) is 0 Å². The number of ether oxygens (including phenoxy) is 1. The lowest BCUT2D eigenvalue weighted by Crippen LogP contribution is -2.03. The summed E-state index contributed by atoms with van der Waals surface area (Å²) in [6.07, 6.45) is 19.8. The molecule has 0 aromatic carbocycles. The molecule has 0 radical (unpaired) electrons. The Kier molecular flexibility index (Phi) is 17.9. The molecule has 0 amide bonds. The largest absolute Gasteiger partial charge is 0.466 e. The van der Waals surface area contributed by atoms with E-state index in [1.165, 1.54) is 44.9 Å². The fraction of sp³-hybridized carbons (Fsp3) is 0.857. The Morgan fingerprint density at radius 2 is 1.50 bits per heavy atom. The quantitative estimate of drug-likeness (QED) is 0.202. The van der Waals surface area contributed by atoms with Crippen LogP contribution in [0.5, 0.6) is 0 Å². The number of unbranched alkanes of at least 4 members (excludes halogenated alkanes) is 10. The molecule has 0 aliphatic heterocycles. The molecule has 3 heteroatoms. The standard InChI is InChI=1S/C21H40O3/c1-3-5-17-20(22)18-15-13-11-9-7-6-8-10-12-14-16-19-21(23)24-4-2/h15,18,20,22H,3-14,16-17,19H2,1-2H3/t20-/m1/s1. The number of carbonyl (C=O) groups excluding carboxylic acids is 1. The molecule has 0 saturated heterocycles. The van der Waals surface area contributed by atoms with Crippen molar-refractivity contribution < 1.29 is 14.6 Å². The second-order valence-electron chi connectivity index (χ2n) is 6.66. The highest BCUT2D eigenvalue weighted by atomic mass is 16.5. The summed E-state index contributed by atoms with van der Waals surface area (Å²) in [6, 6.07) is 0. The van der Waals surface area contributed by atoms with Crippen LogP contribution in [0.1, 0.15) is 104 Å². The second-order valence-corrected chi connectivity index (χ2v) is 6.66. The maximum atomic E-state index is 11.2. The number of hydrogen-bond acceptors (Lipinski definition) is 3. The summed E-state index contributed by atoms with van der Waals surface area (Å²) in [7, 11) is 0. The first-order chi connectivity index (χ1) is 11.7. The van der Waals surface area contributed by atoms with Crippen LogP contribution in [0.2, 0.25) is 0 Å². The Labute approximate surface area is 149 Å². The van der Waals surface area contributed by atoms with Gasteiger partial charge in [-0.25, -0.2) is 0 Å². The first kappa shape index (κ1) is 23.2. The van der Waals surface area contributed by atoms with E-state index in [1.54, 1.807) is 0 Å². The van der Waals surface area contributed by atoms with Gasteiger partial charge in [-0.3, -0.25) is 4.79 Å². The Morgan fingerprint density at radius 1 is 0.917 bits per heavy atom. The van der Waals surface area contributed by atoms with Crippen LogP contribution in [-0.2, 0) is 9.53 Å². The van der Waals surface area contributed by atoms with Gasteiger partial charge in [-0.1, -0.05) is 76.9 Å². The number of carbonyl (C=O) groups is 1. The third-order valence-corrected chi connectivity index (χ3v) is 4.27. The molecule has 0 unspecified atom stereocenters. The lowest BCUT2D eigenvalue weighted by Gasteiger charge is -2.04. The summed E-state index contributed by atoms with van der Waals surface area (Å²) in [5, 5.41) is 9.69. The van der Waals surface area contributed by atoms with E-state index in [0.29, 0.717) is 13.0 Å². The van der Waals surface area contributed by atoms with Crippen molar-refractivity contribution in [1.29, 1.82) is 0 Å². The summed E-state index contributed by atoms with van der Waals surface area (Å²) < 4.78 is 4.91. The molecule has 0 aliphatic carbocycles. The van der Waals surface area contributed by atoms with Gasteiger partial charge in [0.2, 0.25) is 0 Å². The minimum atomic E-state index is -0.242. The van der Waals surface area contributed by atoms with Crippen molar-refractivity contribution in [3.63, 3.8) is 0 Å². The van der Waals surface area contributed by atoms with Crippen molar-refractivity contribution in [1.82, 2.24) is 0 Å². The van der Waals surface area contributed by atoms with Gasteiger partial charge in [-0.2, -0.15) is 0 Å². The van der Waals surface area contributed by atoms with Crippen molar-refractivity contribution in [2.45, 2.75) is 110 Å². The zero-order chi connectivity index (χ0) is 17.9. The predicted octanol–water partition coefficient (Wildman–Crippen LogP) is 5.95. The van der Waals surface area contributed by atoms with Gasteiger partial charge in [-0.05, 0) is 32.6 Å². The molecule has 0 heterocycles. The first-order valence-electron chi connectivity index (χ1n) is 10.2. The van der Waals surface area contributed by atoms with Gasteiger partial charge in [0.15, 0.2) is 0 Å². The van der Waals surface area contributed by atoms with Crippen LogP contribution < -0.4 is 0 Å². The van der Waals surface area contributed by atoms with Crippen LogP contribution in [-0.4, -0.2) is 23.8 Å². The Balaban J connectivity index is 3.20. The van der Waals surface area contributed by atoms with Crippen molar-refractivity contribution in [3.05, 3.63) is 12.2 Å². The third kappa shape index (κ3) is 17.5. The van der Waals surface area contributed by atoms with Gasteiger partial charge in [0, 0.05) is 6.42 Å². The molecule has 1 atom stereocenters. The summed E-state index contributed by atoms with van der Waals surface area (Å²) in [5.74, 6) is -0.0515.